The van der Waals surface area contributed by atoms with Gasteiger partial charge >= 0.3 is 6.18 Å². The Kier molecular flexibility index (Phi) is 5.25. The molecular weight excluding hydrogens is 407 g/mol. The van der Waals surface area contributed by atoms with Crippen LogP contribution in [0.2, 0.25) is 0 Å². The van der Waals surface area contributed by atoms with Gasteiger partial charge in [0.1, 0.15) is 5.82 Å². The van der Waals surface area contributed by atoms with Crippen molar-refractivity contribution in [3.8, 4) is 11.1 Å². The van der Waals surface area contributed by atoms with Crippen LogP contribution in [0, 0.1) is 0 Å². The number of hydrazine groups is 1. The van der Waals surface area contributed by atoms with Gasteiger partial charge in [-0.05, 0) is 41.8 Å². The molecule has 0 bridgehead atoms. The van der Waals surface area contributed by atoms with Crippen molar-refractivity contribution in [2.75, 3.05) is 37.7 Å². The number of benzene rings is 1. The van der Waals surface area contributed by atoms with Crippen LogP contribution in [0.4, 0.5) is 19.0 Å². The lowest BCUT2D eigenvalue weighted by molar-refractivity contribution is -0.137. The zero-order valence-electron chi connectivity index (χ0n) is 16.7. The summed E-state index contributed by atoms with van der Waals surface area (Å²) in [5, 5.41) is 0.787. The van der Waals surface area contributed by atoms with Gasteiger partial charge in [-0.1, -0.05) is 12.1 Å². The van der Waals surface area contributed by atoms with Gasteiger partial charge in [0.15, 0.2) is 0 Å². The van der Waals surface area contributed by atoms with Crippen LogP contribution in [0.3, 0.4) is 0 Å². The minimum atomic E-state index is -4.40. The fraction of sp³-hybridized carbons (Fsp3) is 0.364. The summed E-state index contributed by atoms with van der Waals surface area (Å²) in [6.07, 6.45) is -1.85. The number of anilines is 1. The standard InChI is InChI=1S/C22H22F3N5O/c23-22(24,25)15-3-1-2-14(12-15)17-13-19(30-8-10-31-11-9-30)28-20-16(17)4-6-26-21(20)18-5-7-27-29-18/h1-4,6,12-13,18,27,29H,5,7-11H2. The topological polar surface area (TPSA) is 62.3 Å². The molecule has 0 aliphatic carbocycles. The average Bonchev–Trinajstić information content (AvgIpc) is 3.33. The number of halogens is 3. The molecule has 1 unspecified atom stereocenters. The first-order valence-electron chi connectivity index (χ1n) is 10.3. The molecule has 2 N–H and O–H groups in total. The predicted octanol–water partition coefficient (Wildman–Crippen LogP) is 3.69. The van der Waals surface area contributed by atoms with Crippen LogP contribution in [0.15, 0.2) is 42.6 Å². The number of ether oxygens (including phenoxy) is 1. The molecule has 2 saturated heterocycles. The van der Waals surface area contributed by atoms with Crippen LogP contribution in [0.5, 0.6) is 0 Å². The largest absolute Gasteiger partial charge is 0.416 e. The molecule has 0 spiro atoms. The predicted molar refractivity (Wildman–Crippen MR) is 112 cm³/mol. The summed E-state index contributed by atoms with van der Waals surface area (Å²) in [7, 11) is 0. The molecule has 4 heterocycles. The van der Waals surface area contributed by atoms with E-state index in [9.17, 15) is 13.2 Å². The van der Waals surface area contributed by atoms with Crippen LogP contribution < -0.4 is 15.8 Å². The molecule has 1 aromatic carbocycles. The number of rotatable bonds is 3. The van der Waals surface area contributed by atoms with Crippen LogP contribution in [-0.4, -0.2) is 42.8 Å². The second kappa shape index (κ2) is 8.07. The maximum absolute atomic E-state index is 13.4. The maximum Gasteiger partial charge on any atom is 0.416 e. The third kappa shape index (κ3) is 3.96. The van der Waals surface area contributed by atoms with Gasteiger partial charge in [0.05, 0.1) is 36.0 Å². The molecule has 162 valence electrons. The fourth-order valence-corrected chi connectivity index (χ4v) is 4.16. The highest BCUT2D eigenvalue weighted by atomic mass is 19.4. The normalized spacial score (nSPS) is 19.8. The van der Waals surface area contributed by atoms with Gasteiger partial charge in [-0.2, -0.15) is 13.2 Å². The lowest BCUT2D eigenvalue weighted by atomic mass is 9.97. The van der Waals surface area contributed by atoms with Crippen molar-refractivity contribution in [3.05, 3.63) is 53.9 Å². The van der Waals surface area contributed by atoms with Gasteiger partial charge in [-0.3, -0.25) is 10.4 Å². The summed E-state index contributed by atoms with van der Waals surface area (Å²) in [4.78, 5) is 11.6. The monoisotopic (exact) mass is 429 g/mol. The maximum atomic E-state index is 13.4. The van der Waals surface area contributed by atoms with Crippen molar-refractivity contribution >= 4 is 16.7 Å². The number of hydrogen-bond acceptors (Lipinski definition) is 6. The molecule has 6 nitrogen and oxygen atoms in total. The molecular formula is C22H22F3N5O. The molecule has 2 aliphatic rings. The lowest BCUT2D eigenvalue weighted by Gasteiger charge is -2.29. The highest BCUT2D eigenvalue weighted by Crippen LogP contribution is 2.37. The number of hydrogen-bond donors (Lipinski definition) is 2. The summed E-state index contributed by atoms with van der Waals surface area (Å²) in [6, 6.07) is 9.15. The Labute approximate surface area is 177 Å². The Bertz CT molecular complexity index is 1090. The zero-order valence-corrected chi connectivity index (χ0v) is 16.7. The second-order valence-electron chi connectivity index (χ2n) is 7.71. The van der Waals surface area contributed by atoms with Crippen LogP contribution in [0.25, 0.3) is 22.0 Å². The number of fused-ring (bicyclic) bond motifs is 1. The molecule has 0 saturated carbocycles. The first kappa shape index (κ1) is 20.2. The molecule has 0 radical (unpaired) electrons. The molecule has 3 aromatic rings. The van der Waals surface area contributed by atoms with Gasteiger partial charge in [-0.15, -0.1) is 0 Å². The summed E-state index contributed by atoms with van der Waals surface area (Å²) < 4.78 is 45.6. The molecule has 31 heavy (non-hydrogen) atoms. The minimum Gasteiger partial charge on any atom is -0.378 e. The van der Waals surface area contributed by atoms with E-state index in [4.69, 9.17) is 9.72 Å². The van der Waals surface area contributed by atoms with Gasteiger partial charge < -0.3 is 9.64 Å². The number of aromatic nitrogens is 2. The Morgan fingerprint density at radius 2 is 1.94 bits per heavy atom. The number of morpholine rings is 1. The lowest BCUT2D eigenvalue weighted by Crippen LogP contribution is -2.36. The zero-order chi connectivity index (χ0) is 21.4. The van der Waals surface area contributed by atoms with Gasteiger partial charge in [0.2, 0.25) is 0 Å². The Hall–Kier alpha value is -2.75. The Balaban J connectivity index is 1.72. The minimum absolute atomic E-state index is 0.00880. The van der Waals surface area contributed by atoms with E-state index in [0.717, 1.165) is 35.9 Å². The van der Waals surface area contributed by atoms with Crippen molar-refractivity contribution in [1.29, 1.82) is 0 Å². The summed E-state index contributed by atoms with van der Waals surface area (Å²) in [5.74, 6) is 0.725. The van der Waals surface area contributed by atoms with E-state index < -0.39 is 11.7 Å². The number of alkyl halides is 3. The van der Waals surface area contributed by atoms with Crippen molar-refractivity contribution in [1.82, 2.24) is 20.8 Å². The fourth-order valence-electron chi connectivity index (χ4n) is 4.16. The average molecular weight is 429 g/mol. The van der Waals surface area contributed by atoms with Crippen LogP contribution in [0.1, 0.15) is 23.7 Å². The van der Waals surface area contributed by atoms with E-state index in [2.05, 4.69) is 20.7 Å². The Morgan fingerprint density at radius 1 is 1.10 bits per heavy atom. The number of nitrogens with one attached hydrogen (secondary N) is 2. The number of nitrogens with zero attached hydrogens (tertiary/aromatic N) is 3. The van der Waals surface area contributed by atoms with E-state index in [1.165, 1.54) is 12.1 Å². The van der Waals surface area contributed by atoms with Crippen molar-refractivity contribution in [3.63, 3.8) is 0 Å². The second-order valence-corrected chi connectivity index (χ2v) is 7.71. The highest BCUT2D eigenvalue weighted by molar-refractivity contribution is 5.97. The summed E-state index contributed by atoms with van der Waals surface area (Å²) in [5.41, 5.74) is 8.39. The van der Waals surface area contributed by atoms with E-state index >= 15 is 0 Å². The molecule has 9 heteroatoms. The van der Waals surface area contributed by atoms with Crippen molar-refractivity contribution in [2.24, 2.45) is 0 Å². The molecule has 2 fully saturated rings. The number of pyridine rings is 2. The molecule has 1 atom stereocenters. The molecule has 2 aliphatic heterocycles. The quantitative estimate of drug-likeness (QED) is 0.662. The highest BCUT2D eigenvalue weighted by Gasteiger charge is 2.31. The van der Waals surface area contributed by atoms with Crippen LogP contribution >= 0.6 is 0 Å². The van der Waals surface area contributed by atoms with E-state index in [1.54, 1.807) is 12.3 Å². The van der Waals surface area contributed by atoms with Gasteiger partial charge in [-0.25, -0.2) is 10.4 Å². The molecule has 0 amide bonds. The smallest absolute Gasteiger partial charge is 0.378 e. The van der Waals surface area contributed by atoms with E-state index in [0.29, 0.717) is 42.9 Å². The first-order chi connectivity index (χ1) is 15.0. The molecule has 5 rings (SSSR count). The van der Waals surface area contributed by atoms with Gasteiger partial charge in [0, 0.05) is 31.2 Å². The van der Waals surface area contributed by atoms with E-state index in [1.807, 2.05) is 12.1 Å². The van der Waals surface area contributed by atoms with Crippen molar-refractivity contribution < 1.29 is 17.9 Å². The summed E-state index contributed by atoms with van der Waals surface area (Å²) in [6.45, 7) is 3.35. The SMILES string of the molecule is FC(F)(F)c1cccc(-c2cc(N3CCOCC3)nc3c(C4CCNN4)nccc23)c1. The van der Waals surface area contributed by atoms with E-state index in [-0.39, 0.29) is 6.04 Å². The third-order valence-electron chi connectivity index (χ3n) is 5.74. The van der Waals surface area contributed by atoms with Crippen molar-refractivity contribution in [2.45, 2.75) is 18.6 Å². The van der Waals surface area contributed by atoms with Crippen LogP contribution in [-0.2, 0) is 10.9 Å². The molecule has 2 aromatic heterocycles. The first-order valence-corrected chi connectivity index (χ1v) is 10.3. The summed E-state index contributed by atoms with van der Waals surface area (Å²) >= 11 is 0. The van der Waals surface area contributed by atoms with Gasteiger partial charge in [0.25, 0.3) is 0 Å². The Morgan fingerprint density at radius 3 is 2.68 bits per heavy atom. The third-order valence-corrected chi connectivity index (χ3v) is 5.74.